The van der Waals surface area contributed by atoms with E-state index in [1.165, 1.54) is 4.57 Å². The topological polar surface area (TPSA) is 93.4 Å². The number of hydrogen-bond acceptors (Lipinski definition) is 5. The fourth-order valence-electron chi connectivity index (χ4n) is 4.93. The predicted molar refractivity (Wildman–Crippen MR) is 125 cm³/mol. The fourth-order valence-corrected chi connectivity index (χ4v) is 4.93. The molecule has 0 aliphatic carbocycles. The van der Waals surface area contributed by atoms with E-state index in [-0.39, 0.29) is 23.9 Å². The Hall–Kier alpha value is -3.68. The first kappa shape index (κ1) is 21.2. The van der Waals surface area contributed by atoms with Gasteiger partial charge < -0.3 is 9.69 Å². The van der Waals surface area contributed by atoms with Gasteiger partial charge in [-0.05, 0) is 54.7 Å². The van der Waals surface area contributed by atoms with Gasteiger partial charge in [-0.15, -0.1) is 0 Å². The number of amides is 2. The number of carbonyl (C=O) groups is 3. The Morgan fingerprint density at radius 1 is 0.909 bits per heavy atom. The van der Waals surface area contributed by atoms with E-state index in [1.54, 1.807) is 11.6 Å². The number of piperidine rings is 2. The minimum atomic E-state index is -0.688. The van der Waals surface area contributed by atoms with Gasteiger partial charge in [0.05, 0.1) is 11.0 Å². The van der Waals surface area contributed by atoms with Crippen LogP contribution in [0.1, 0.15) is 31.7 Å². The van der Waals surface area contributed by atoms with Gasteiger partial charge in [0.15, 0.2) is 0 Å². The highest BCUT2D eigenvalue weighted by molar-refractivity contribution is 6.00. The number of benzene rings is 2. The zero-order valence-electron chi connectivity index (χ0n) is 18.5. The third kappa shape index (κ3) is 3.75. The number of anilines is 1. The lowest BCUT2D eigenvalue weighted by atomic mass is 9.97. The molecule has 5 rings (SSSR count). The highest BCUT2D eigenvalue weighted by Gasteiger charge is 2.31. The van der Waals surface area contributed by atoms with Crippen LogP contribution < -0.4 is 15.9 Å². The monoisotopic (exact) mass is 446 g/mol. The lowest BCUT2D eigenvalue weighted by Gasteiger charge is -2.31. The van der Waals surface area contributed by atoms with Crippen LogP contribution in [0.4, 0.5) is 5.69 Å². The fraction of sp³-hybridized carbons (Fsp3) is 0.360. The molecule has 1 N–H and O–H groups in total. The molecule has 3 heterocycles. The Kier molecular flexibility index (Phi) is 5.36. The number of imide groups is 1. The molecule has 3 aromatic rings. The molecule has 2 saturated heterocycles. The van der Waals surface area contributed by atoms with Gasteiger partial charge >= 0.3 is 5.69 Å². The third-order valence-electron chi connectivity index (χ3n) is 6.91. The van der Waals surface area contributed by atoms with Crippen molar-refractivity contribution in [2.24, 2.45) is 13.0 Å². The summed E-state index contributed by atoms with van der Waals surface area (Å²) in [6.45, 7) is 1.76. The second-order valence-electron chi connectivity index (χ2n) is 8.89. The van der Waals surface area contributed by atoms with E-state index >= 15 is 0 Å². The van der Waals surface area contributed by atoms with Crippen LogP contribution in [0.25, 0.3) is 22.2 Å². The Bertz CT molecular complexity index is 1300. The Labute approximate surface area is 190 Å². The van der Waals surface area contributed by atoms with Crippen LogP contribution in [0.2, 0.25) is 0 Å². The molecule has 8 nitrogen and oxygen atoms in total. The highest BCUT2D eigenvalue weighted by Crippen LogP contribution is 2.29. The molecule has 2 aliphatic heterocycles. The van der Waals surface area contributed by atoms with Crippen LogP contribution in [-0.2, 0) is 21.4 Å². The average Bonchev–Trinajstić information content (AvgIpc) is 3.09. The largest absolute Gasteiger partial charge is 0.371 e. The first-order valence-electron chi connectivity index (χ1n) is 11.3. The molecule has 170 valence electrons. The number of fused-ring (bicyclic) bond motifs is 1. The number of aromatic nitrogens is 2. The zero-order chi connectivity index (χ0) is 23.1. The van der Waals surface area contributed by atoms with Gasteiger partial charge in [0.25, 0.3) is 0 Å². The Balaban J connectivity index is 1.44. The SMILES string of the molecule is Cn1c(=O)n(C2CCC(=O)NC2=O)c2ccc(-c3ccc(N4CCC(C=O)CC4)cc3)cc21. The molecular formula is C25H26N4O4. The summed E-state index contributed by atoms with van der Waals surface area (Å²) in [5, 5.41) is 2.34. The number of hydrogen-bond donors (Lipinski definition) is 1. The number of carbonyl (C=O) groups excluding carboxylic acids is 3. The molecule has 33 heavy (non-hydrogen) atoms. The van der Waals surface area contributed by atoms with Crippen LogP contribution in [0.3, 0.4) is 0 Å². The van der Waals surface area contributed by atoms with Crippen molar-refractivity contribution < 1.29 is 14.4 Å². The lowest BCUT2D eigenvalue weighted by molar-refractivity contribution is -0.135. The van der Waals surface area contributed by atoms with Crippen molar-refractivity contribution in [3.05, 3.63) is 52.9 Å². The highest BCUT2D eigenvalue weighted by atomic mass is 16.2. The second kappa shape index (κ2) is 8.35. The molecule has 1 aromatic heterocycles. The smallest absolute Gasteiger partial charge is 0.329 e. The van der Waals surface area contributed by atoms with E-state index in [0.29, 0.717) is 11.9 Å². The summed E-state index contributed by atoms with van der Waals surface area (Å²) in [6, 6.07) is 13.4. The summed E-state index contributed by atoms with van der Waals surface area (Å²) < 4.78 is 3.04. The summed E-state index contributed by atoms with van der Waals surface area (Å²) in [4.78, 5) is 50.1. The number of rotatable bonds is 4. The summed E-state index contributed by atoms with van der Waals surface area (Å²) in [6.07, 6.45) is 3.38. The minimum Gasteiger partial charge on any atom is -0.371 e. The van der Waals surface area contributed by atoms with Gasteiger partial charge in [-0.1, -0.05) is 18.2 Å². The summed E-state index contributed by atoms with van der Waals surface area (Å²) in [5.74, 6) is -0.563. The molecule has 0 radical (unpaired) electrons. The average molecular weight is 447 g/mol. The van der Waals surface area contributed by atoms with Crippen LogP contribution in [0.15, 0.2) is 47.3 Å². The van der Waals surface area contributed by atoms with Crippen LogP contribution >= 0.6 is 0 Å². The van der Waals surface area contributed by atoms with Gasteiger partial charge in [-0.3, -0.25) is 24.0 Å². The standard InChI is InChI=1S/C25H26N4O4/c1-27-22-14-18(17-2-5-19(6-3-17)28-12-10-16(15-30)11-13-28)4-7-20(22)29(25(27)33)21-8-9-23(31)26-24(21)32/h2-7,14-16,21H,8-13H2,1H3,(H,26,31,32). The molecule has 2 fully saturated rings. The maximum Gasteiger partial charge on any atom is 0.329 e. The quantitative estimate of drug-likeness (QED) is 0.491. The molecule has 0 spiro atoms. The molecule has 0 bridgehead atoms. The van der Waals surface area contributed by atoms with Gasteiger partial charge in [0, 0.05) is 38.2 Å². The van der Waals surface area contributed by atoms with Gasteiger partial charge in [-0.25, -0.2) is 4.79 Å². The molecule has 2 amide bonds. The second-order valence-corrected chi connectivity index (χ2v) is 8.89. The molecule has 2 aromatic carbocycles. The van der Waals surface area contributed by atoms with E-state index in [4.69, 9.17) is 0 Å². The Morgan fingerprint density at radius 3 is 2.27 bits per heavy atom. The van der Waals surface area contributed by atoms with E-state index in [9.17, 15) is 19.2 Å². The van der Waals surface area contributed by atoms with E-state index in [2.05, 4.69) is 34.5 Å². The number of nitrogens with one attached hydrogen (secondary N) is 1. The van der Waals surface area contributed by atoms with Crippen molar-refractivity contribution in [3.63, 3.8) is 0 Å². The van der Waals surface area contributed by atoms with Gasteiger partial charge in [0.2, 0.25) is 11.8 Å². The van der Waals surface area contributed by atoms with Crippen LogP contribution in [-0.4, -0.2) is 40.3 Å². The molecule has 2 aliphatic rings. The number of imidazole rings is 1. The van der Waals surface area contributed by atoms with Crippen molar-refractivity contribution in [1.29, 1.82) is 0 Å². The molecule has 1 atom stereocenters. The van der Waals surface area contributed by atoms with Gasteiger partial charge in [-0.2, -0.15) is 0 Å². The predicted octanol–water partition coefficient (Wildman–Crippen LogP) is 2.40. The molecule has 0 saturated carbocycles. The van der Waals surface area contributed by atoms with Crippen molar-refractivity contribution >= 4 is 34.8 Å². The molecule has 8 heteroatoms. The van der Waals surface area contributed by atoms with Crippen molar-refractivity contribution in [1.82, 2.24) is 14.5 Å². The van der Waals surface area contributed by atoms with E-state index in [0.717, 1.165) is 54.5 Å². The number of aldehydes is 1. The molecule has 1 unspecified atom stereocenters. The van der Waals surface area contributed by atoms with E-state index < -0.39 is 11.9 Å². The summed E-state index contributed by atoms with van der Waals surface area (Å²) >= 11 is 0. The number of aryl methyl sites for hydroxylation is 1. The van der Waals surface area contributed by atoms with Crippen LogP contribution in [0, 0.1) is 5.92 Å². The van der Waals surface area contributed by atoms with Crippen molar-refractivity contribution in [2.75, 3.05) is 18.0 Å². The third-order valence-corrected chi connectivity index (χ3v) is 6.91. The van der Waals surface area contributed by atoms with E-state index in [1.807, 2.05) is 18.2 Å². The molecular weight excluding hydrogens is 420 g/mol. The normalized spacial score (nSPS) is 19.7. The Morgan fingerprint density at radius 2 is 1.61 bits per heavy atom. The summed E-state index contributed by atoms with van der Waals surface area (Å²) in [7, 11) is 1.70. The lowest BCUT2D eigenvalue weighted by Crippen LogP contribution is -2.44. The first-order chi connectivity index (χ1) is 16.0. The maximum absolute atomic E-state index is 13.0. The summed E-state index contributed by atoms with van der Waals surface area (Å²) in [5.41, 5.74) is 4.29. The minimum absolute atomic E-state index is 0.173. The zero-order valence-corrected chi connectivity index (χ0v) is 18.5. The van der Waals surface area contributed by atoms with Crippen molar-refractivity contribution in [2.45, 2.75) is 31.7 Å². The number of nitrogens with zero attached hydrogens (tertiary/aromatic N) is 3. The van der Waals surface area contributed by atoms with Crippen molar-refractivity contribution in [3.8, 4) is 11.1 Å². The first-order valence-corrected chi connectivity index (χ1v) is 11.3. The van der Waals surface area contributed by atoms with Crippen LogP contribution in [0.5, 0.6) is 0 Å². The maximum atomic E-state index is 13.0. The van der Waals surface area contributed by atoms with Gasteiger partial charge in [0.1, 0.15) is 12.3 Å².